The highest BCUT2D eigenvalue weighted by atomic mass is 32.1. The maximum atomic E-state index is 12.9. The molecule has 0 radical (unpaired) electrons. The summed E-state index contributed by atoms with van der Waals surface area (Å²) in [5, 5.41) is 5.19. The summed E-state index contributed by atoms with van der Waals surface area (Å²) in [7, 11) is 0. The summed E-state index contributed by atoms with van der Waals surface area (Å²) in [5.41, 5.74) is 8.18. The third-order valence-corrected chi connectivity index (χ3v) is 6.05. The van der Waals surface area contributed by atoms with E-state index in [2.05, 4.69) is 15.3 Å². The average molecular weight is 485 g/mol. The molecule has 0 bridgehead atoms. The second-order valence-electron chi connectivity index (χ2n) is 8.72. The van der Waals surface area contributed by atoms with Crippen molar-refractivity contribution in [1.82, 2.24) is 14.5 Å². The average Bonchev–Trinajstić information content (AvgIpc) is 3.23. The molecule has 0 spiro atoms. The summed E-state index contributed by atoms with van der Waals surface area (Å²) in [6.07, 6.45) is 1.62. The normalized spacial score (nSPS) is 11.1. The fraction of sp³-hybridized carbons (Fsp3) is 0.417. The molecule has 2 aromatic heterocycles. The number of anilines is 3. The number of H-pyrrole nitrogens is 1. The van der Waals surface area contributed by atoms with Crippen LogP contribution < -0.4 is 27.2 Å². The van der Waals surface area contributed by atoms with Crippen LogP contribution in [-0.2, 0) is 11.3 Å². The van der Waals surface area contributed by atoms with E-state index in [9.17, 15) is 14.4 Å². The Labute approximate surface area is 202 Å². The first-order valence-electron chi connectivity index (χ1n) is 11.4. The molecule has 1 aromatic carbocycles. The lowest BCUT2D eigenvalue weighted by Gasteiger charge is -2.25. The number of hydrogen-bond acceptors (Lipinski definition) is 7. The van der Waals surface area contributed by atoms with Gasteiger partial charge in [-0.3, -0.25) is 19.1 Å². The van der Waals surface area contributed by atoms with Gasteiger partial charge in [0.05, 0.1) is 12.2 Å². The minimum atomic E-state index is -0.595. The Morgan fingerprint density at radius 2 is 1.97 bits per heavy atom. The number of nitrogens with zero attached hydrogens (tertiary/aromatic N) is 3. The third-order valence-electron chi connectivity index (χ3n) is 5.29. The highest BCUT2D eigenvalue weighted by Crippen LogP contribution is 2.25. The van der Waals surface area contributed by atoms with Crippen LogP contribution in [-0.4, -0.2) is 33.5 Å². The van der Waals surface area contributed by atoms with E-state index in [0.29, 0.717) is 18.2 Å². The van der Waals surface area contributed by atoms with Crippen molar-refractivity contribution in [2.45, 2.75) is 47.1 Å². The molecule has 10 heteroatoms. The van der Waals surface area contributed by atoms with E-state index in [4.69, 9.17) is 5.73 Å². The molecular formula is C24H32N6O3S. The Morgan fingerprint density at radius 1 is 1.26 bits per heavy atom. The number of aromatic amines is 1. The summed E-state index contributed by atoms with van der Waals surface area (Å²) >= 11 is 1.34. The minimum Gasteiger partial charge on any atom is -0.383 e. The number of nitrogens with two attached hydrogens (primary N) is 1. The molecule has 0 fully saturated rings. The predicted molar refractivity (Wildman–Crippen MR) is 139 cm³/mol. The highest BCUT2D eigenvalue weighted by Gasteiger charge is 2.21. The predicted octanol–water partition coefficient (Wildman–Crippen LogP) is 3.45. The molecule has 3 rings (SSSR count). The van der Waals surface area contributed by atoms with Gasteiger partial charge in [-0.2, -0.15) is 0 Å². The fourth-order valence-electron chi connectivity index (χ4n) is 3.57. The smallest absolute Gasteiger partial charge is 0.330 e. The number of rotatable bonds is 10. The number of hydrogen-bond donors (Lipinski definition) is 3. The second-order valence-corrected chi connectivity index (χ2v) is 9.58. The number of aryl methyl sites for hydroxylation is 1. The van der Waals surface area contributed by atoms with E-state index in [0.717, 1.165) is 29.7 Å². The maximum Gasteiger partial charge on any atom is 0.330 e. The van der Waals surface area contributed by atoms with Crippen LogP contribution in [0, 0.1) is 12.8 Å². The molecule has 34 heavy (non-hydrogen) atoms. The first kappa shape index (κ1) is 25.2. The van der Waals surface area contributed by atoms with Gasteiger partial charge >= 0.3 is 5.69 Å². The van der Waals surface area contributed by atoms with Crippen LogP contribution in [0.3, 0.4) is 0 Å². The Balaban J connectivity index is 1.82. The molecule has 4 N–H and O–H groups in total. The second kappa shape index (κ2) is 11.1. The number of thiazole rings is 1. The van der Waals surface area contributed by atoms with Crippen LogP contribution in [0.2, 0.25) is 0 Å². The van der Waals surface area contributed by atoms with Gasteiger partial charge < -0.3 is 16.0 Å². The molecular weight excluding hydrogens is 452 g/mol. The van der Waals surface area contributed by atoms with Crippen molar-refractivity contribution in [2.75, 3.05) is 29.0 Å². The van der Waals surface area contributed by atoms with Crippen LogP contribution in [0.25, 0.3) is 11.3 Å². The van der Waals surface area contributed by atoms with Crippen LogP contribution in [0.5, 0.6) is 0 Å². The van der Waals surface area contributed by atoms with Crippen molar-refractivity contribution in [3.05, 3.63) is 56.0 Å². The van der Waals surface area contributed by atoms with Crippen molar-refractivity contribution in [2.24, 2.45) is 5.92 Å². The molecule has 9 nitrogen and oxygen atoms in total. The van der Waals surface area contributed by atoms with E-state index in [1.54, 1.807) is 4.90 Å². The molecule has 0 aliphatic heterocycles. The standard InChI is InChI=1S/C24H32N6O3S/c1-5-6-11-29(20-21(25)30(12-15(2)3)24(33)28-22(20)32)13-19(31)27-23-26-18(14-34-23)17-9-7-16(4)8-10-17/h7-10,14-15H,5-6,11-13,25H2,1-4H3,(H,26,27,31)(H,28,32,33). The van der Waals surface area contributed by atoms with Crippen LogP contribution in [0.4, 0.5) is 16.6 Å². The number of amides is 1. The maximum absolute atomic E-state index is 12.9. The number of benzene rings is 1. The largest absolute Gasteiger partial charge is 0.383 e. The number of carbonyl (C=O) groups is 1. The lowest BCUT2D eigenvalue weighted by atomic mass is 10.1. The molecule has 0 unspecified atom stereocenters. The molecule has 2 heterocycles. The Bertz CT molecular complexity index is 1240. The molecule has 0 aliphatic rings. The molecule has 3 aromatic rings. The molecule has 0 aliphatic carbocycles. The Kier molecular flexibility index (Phi) is 8.27. The zero-order valence-corrected chi connectivity index (χ0v) is 20.9. The Morgan fingerprint density at radius 3 is 2.62 bits per heavy atom. The molecule has 0 saturated heterocycles. The van der Waals surface area contributed by atoms with E-state index in [-0.39, 0.29) is 29.9 Å². The zero-order chi connectivity index (χ0) is 24.8. The number of aromatic nitrogens is 3. The van der Waals surface area contributed by atoms with Crippen LogP contribution in [0.15, 0.2) is 39.2 Å². The topological polar surface area (TPSA) is 126 Å². The van der Waals surface area contributed by atoms with Crippen molar-refractivity contribution in [3.8, 4) is 11.3 Å². The van der Waals surface area contributed by atoms with Gasteiger partial charge in [0, 0.05) is 24.0 Å². The number of nitrogen functional groups attached to an aromatic ring is 1. The van der Waals surface area contributed by atoms with E-state index in [1.807, 2.05) is 57.3 Å². The van der Waals surface area contributed by atoms with Gasteiger partial charge in [-0.05, 0) is 19.3 Å². The lowest BCUT2D eigenvalue weighted by molar-refractivity contribution is -0.115. The summed E-state index contributed by atoms with van der Waals surface area (Å²) in [4.78, 5) is 46.4. The van der Waals surface area contributed by atoms with Gasteiger partial charge in [0.2, 0.25) is 5.91 Å². The summed E-state index contributed by atoms with van der Waals surface area (Å²) in [6.45, 7) is 8.68. The van der Waals surface area contributed by atoms with Gasteiger partial charge in [0.1, 0.15) is 11.5 Å². The van der Waals surface area contributed by atoms with Gasteiger partial charge in [-0.25, -0.2) is 9.78 Å². The van der Waals surface area contributed by atoms with E-state index < -0.39 is 11.2 Å². The van der Waals surface area contributed by atoms with E-state index in [1.165, 1.54) is 15.9 Å². The third kappa shape index (κ3) is 6.13. The van der Waals surface area contributed by atoms with Crippen LogP contribution in [0.1, 0.15) is 39.2 Å². The summed E-state index contributed by atoms with van der Waals surface area (Å²) in [6, 6.07) is 8.01. The van der Waals surface area contributed by atoms with Gasteiger partial charge in [0.25, 0.3) is 5.56 Å². The van der Waals surface area contributed by atoms with Crippen molar-refractivity contribution in [1.29, 1.82) is 0 Å². The number of carbonyl (C=O) groups excluding carboxylic acids is 1. The fourth-order valence-corrected chi connectivity index (χ4v) is 4.30. The van der Waals surface area contributed by atoms with Crippen molar-refractivity contribution < 1.29 is 4.79 Å². The quantitative estimate of drug-likeness (QED) is 0.405. The molecule has 0 saturated carbocycles. The molecule has 182 valence electrons. The van der Waals surface area contributed by atoms with Crippen molar-refractivity contribution >= 4 is 33.9 Å². The SMILES string of the molecule is CCCCN(CC(=O)Nc1nc(-c2ccc(C)cc2)cs1)c1c(N)n(CC(C)C)c(=O)[nH]c1=O. The zero-order valence-electron chi connectivity index (χ0n) is 20.1. The van der Waals surface area contributed by atoms with Crippen LogP contribution >= 0.6 is 11.3 Å². The minimum absolute atomic E-state index is 0.0715. The highest BCUT2D eigenvalue weighted by molar-refractivity contribution is 7.14. The monoisotopic (exact) mass is 484 g/mol. The summed E-state index contributed by atoms with van der Waals surface area (Å²) in [5.74, 6) is -0.0950. The van der Waals surface area contributed by atoms with E-state index >= 15 is 0 Å². The molecule has 1 amide bonds. The molecule has 0 atom stereocenters. The van der Waals surface area contributed by atoms with Gasteiger partial charge in [-0.15, -0.1) is 11.3 Å². The van der Waals surface area contributed by atoms with Crippen molar-refractivity contribution in [3.63, 3.8) is 0 Å². The number of nitrogens with one attached hydrogen (secondary N) is 2. The first-order valence-corrected chi connectivity index (χ1v) is 12.3. The first-order chi connectivity index (χ1) is 16.2. The summed E-state index contributed by atoms with van der Waals surface area (Å²) < 4.78 is 1.35. The van der Waals surface area contributed by atoms with Gasteiger partial charge in [0.15, 0.2) is 5.13 Å². The Hall–Kier alpha value is -3.40. The number of unbranched alkanes of at least 4 members (excludes halogenated alkanes) is 1. The van der Waals surface area contributed by atoms with Gasteiger partial charge in [-0.1, -0.05) is 57.0 Å². The lowest BCUT2D eigenvalue weighted by Crippen LogP contribution is -2.42.